The molecule has 3 atom stereocenters. The Bertz CT molecular complexity index is 499. The highest BCUT2D eigenvalue weighted by atomic mass is 32.2. The molecule has 2 fully saturated rings. The van der Waals surface area contributed by atoms with Gasteiger partial charge in [0, 0.05) is 26.2 Å². The highest BCUT2D eigenvalue weighted by Crippen LogP contribution is 2.36. The van der Waals surface area contributed by atoms with Crippen LogP contribution in [0.2, 0.25) is 0 Å². The van der Waals surface area contributed by atoms with Gasteiger partial charge in [0.15, 0.2) is 0 Å². The second-order valence-electron chi connectivity index (χ2n) is 6.10. The van der Waals surface area contributed by atoms with Crippen molar-refractivity contribution >= 4 is 16.2 Å². The molecule has 0 spiro atoms. The third-order valence-corrected chi connectivity index (χ3v) is 6.40. The summed E-state index contributed by atoms with van der Waals surface area (Å²) in [6.45, 7) is 6.43. The van der Waals surface area contributed by atoms with Crippen LogP contribution in [0.1, 0.15) is 33.6 Å². The van der Waals surface area contributed by atoms with Gasteiger partial charge in [-0.1, -0.05) is 6.92 Å². The van der Waals surface area contributed by atoms with E-state index in [-0.39, 0.29) is 25.3 Å². The van der Waals surface area contributed by atoms with Gasteiger partial charge in [0.2, 0.25) is 0 Å². The fourth-order valence-electron chi connectivity index (χ4n) is 3.13. The van der Waals surface area contributed by atoms with E-state index in [4.69, 9.17) is 4.74 Å². The van der Waals surface area contributed by atoms with Crippen LogP contribution < -0.4 is 0 Å². The Hall–Kier alpha value is -0.700. The van der Waals surface area contributed by atoms with Crippen LogP contribution in [-0.4, -0.2) is 66.5 Å². The molecule has 2 aliphatic rings. The van der Waals surface area contributed by atoms with E-state index in [2.05, 4.69) is 0 Å². The molecular weight excluding hydrogens is 296 g/mol. The molecular formula is C13H24N2O5S. The Morgan fingerprint density at radius 1 is 1.29 bits per heavy atom. The minimum atomic E-state index is -3.62. The Morgan fingerprint density at radius 3 is 2.29 bits per heavy atom. The summed E-state index contributed by atoms with van der Waals surface area (Å²) < 4.78 is 33.7. The zero-order valence-electron chi connectivity index (χ0n) is 12.8. The molecule has 0 aliphatic carbocycles. The fraction of sp³-hybridized carbons (Fsp3) is 0.923. The maximum absolute atomic E-state index is 12.7. The molecule has 0 aromatic heterocycles. The Kier molecular flexibility index (Phi) is 4.63. The van der Waals surface area contributed by atoms with Crippen molar-refractivity contribution in [2.24, 2.45) is 5.41 Å². The van der Waals surface area contributed by atoms with Crippen LogP contribution in [0.4, 0.5) is 0 Å². The normalized spacial score (nSPS) is 36.0. The summed E-state index contributed by atoms with van der Waals surface area (Å²) in [5.41, 5.74) is -0.948. The monoisotopic (exact) mass is 320 g/mol. The molecule has 2 aliphatic heterocycles. The van der Waals surface area contributed by atoms with Gasteiger partial charge in [-0.15, -0.1) is 0 Å². The summed E-state index contributed by atoms with van der Waals surface area (Å²) in [6, 6.07) is 0. The van der Waals surface area contributed by atoms with Gasteiger partial charge in [0.05, 0.1) is 17.6 Å². The van der Waals surface area contributed by atoms with Crippen molar-refractivity contribution in [1.29, 1.82) is 0 Å². The summed E-state index contributed by atoms with van der Waals surface area (Å²) in [5, 5.41) is 9.39. The van der Waals surface area contributed by atoms with Crippen LogP contribution in [-0.2, 0) is 19.7 Å². The second-order valence-corrected chi connectivity index (χ2v) is 8.03. The molecule has 21 heavy (non-hydrogen) atoms. The molecule has 0 aromatic carbocycles. The highest BCUT2D eigenvalue weighted by molar-refractivity contribution is 7.86. The maximum atomic E-state index is 12.7. The summed E-state index contributed by atoms with van der Waals surface area (Å²) in [5.74, 6) is -0.911. The van der Waals surface area contributed by atoms with Gasteiger partial charge in [-0.2, -0.15) is 17.0 Å². The lowest BCUT2D eigenvalue weighted by Crippen LogP contribution is -2.53. The first-order chi connectivity index (χ1) is 9.71. The lowest BCUT2D eigenvalue weighted by Gasteiger charge is -2.36. The van der Waals surface area contributed by atoms with Crippen LogP contribution in [0.25, 0.3) is 0 Å². The number of aliphatic carboxylic acids is 1. The zero-order chi connectivity index (χ0) is 15.8. The molecule has 8 heteroatoms. The predicted molar refractivity (Wildman–Crippen MR) is 77.1 cm³/mol. The summed E-state index contributed by atoms with van der Waals surface area (Å²) in [7, 11) is -3.62. The fourth-order valence-corrected chi connectivity index (χ4v) is 4.98. The Balaban J connectivity index is 2.16. The first kappa shape index (κ1) is 16.7. The van der Waals surface area contributed by atoms with E-state index in [0.717, 1.165) is 0 Å². The zero-order valence-corrected chi connectivity index (χ0v) is 13.6. The second kappa shape index (κ2) is 5.83. The molecule has 0 aromatic rings. The molecule has 3 unspecified atom stereocenters. The first-order valence-electron chi connectivity index (χ1n) is 7.35. The van der Waals surface area contributed by atoms with E-state index in [1.165, 1.54) is 8.61 Å². The largest absolute Gasteiger partial charge is 0.481 e. The van der Waals surface area contributed by atoms with Gasteiger partial charge < -0.3 is 9.84 Å². The third kappa shape index (κ3) is 3.08. The number of ether oxygens (including phenoxy) is 1. The van der Waals surface area contributed by atoms with Crippen molar-refractivity contribution in [3.8, 4) is 0 Å². The molecule has 2 rings (SSSR count). The molecule has 2 heterocycles. The molecule has 0 saturated carbocycles. The number of nitrogens with zero attached hydrogens (tertiary/aromatic N) is 2. The van der Waals surface area contributed by atoms with E-state index in [1.54, 1.807) is 6.92 Å². The number of carboxylic acids is 1. The van der Waals surface area contributed by atoms with Crippen LogP contribution in [0.3, 0.4) is 0 Å². The van der Waals surface area contributed by atoms with E-state index >= 15 is 0 Å². The standard InChI is InChI=1S/C13H24N2O5S/c1-4-13(12(16)17)5-6-14(9-13)21(18,19)15-7-10(2)20-11(3)8-15/h10-11H,4-9H2,1-3H3,(H,16,17). The molecule has 2 saturated heterocycles. The molecule has 0 bridgehead atoms. The van der Waals surface area contributed by atoms with Crippen molar-refractivity contribution in [1.82, 2.24) is 8.61 Å². The van der Waals surface area contributed by atoms with Crippen molar-refractivity contribution < 1.29 is 23.1 Å². The summed E-state index contributed by atoms with van der Waals surface area (Å²) >= 11 is 0. The smallest absolute Gasteiger partial charge is 0.311 e. The van der Waals surface area contributed by atoms with Gasteiger partial charge in [0.1, 0.15) is 0 Å². The van der Waals surface area contributed by atoms with Crippen LogP contribution in [0.5, 0.6) is 0 Å². The molecule has 0 radical (unpaired) electrons. The van der Waals surface area contributed by atoms with E-state index in [1.807, 2.05) is 13.8 Å². The number of morpholine rings is 1. The van der Waals surface area contributed by atoms with Crippen LogP contribution in [0.15, 0.2) is 0 Å². The number of rotatable bonds is 4. The maximum Gasteiger partial charge on any atom is 0.311 e. The quantitative estimate of drug-likeness (QED) is 0.816. The number of carboxylic acid groups (broad SMARTS) is 1. The summed E-state index contributed by atoms with van der Waals surface area (Å²) in [6.07, 6.45) is 0.501. The average molecular weight is 320 g/mol. The molecule has 0 amide bonds. The van der Waals surface area contributed by atoms with Gasteiger partial charge in [-0.25, -0.2) is 0 Å². The molecule has 122 valence electrons. The van der Waals surface area contributed by atoms with E-state index < -0.39 is 21.6 Å². The third-order valence-electron chi connectivity index (χ3n) is 4.49. The first-order valence-corrected chi connectivity index (χ1v) is 8.75. The van der Waals surface area contributed by atoms with E-state index in [9.17, 15) is 18.3 Å². The van der Waals surface area contributed by atoms with Crippen LogP contribution in [0, 0.1) is 5.41 Å². The Labute approximate surface area is 126 Å². The van der Waals surface area contributed by atoms with Gasteiger partial charge >= 0.3 is 5.97 Å². The van der Waals surface area contributed by atoms with E-state index in [0.29, 0.717) is 25.9 Å². The predicted octanol–water partition coefficient (Wildman–Crippen LogP) is 0.527. The minimum Gasteiger partial charge on any atom is -0.481 e. The number of hydrogen-bond acceptors (Lipinski definition) is 4. The number of carbonyl (C=O) groups is 1. The molecule has 1 N–H and O–H groups in total. The van der Waals surface area contributed by atoms with Gasteiger partial charge in [0.25, 0.3) is 10.2 Å². The van der Waals surface area contributed by atoms with Gasteiger partial charge in [-0.3, -0.25) is 4.79 Å². The minimum absolute atomic E-state index is 0.0568. The Morgan fingerprint density at radius 2 is 1.86 bits per heavy atom. The van der Waals surface area contributed by atoms with Crippen molar-refractivity contribution in [2.75, 3.05) is 26.2 Å². The van der Waals surface area contributed by atoms with Crippen molar-refractivity contribution in [3.63, 3.8) is 0 Å². The highest BCUT2D eigenvalue weighted by Gasteiger charge is 2.48. The molecule has 7 nitrogen and oxygen atoms in total. The van der Waals surface area contributed by atoms with Crippen molar-refractivity contribution in [3.05, 3.63) is 0 Å². The lowest BCUT2D eigenvalue weighted by atomic mass is 9.85. The van der Waals surface area contributed by atoms with Crippen molar-refractivity contribution in [2.45, 2.75) is 45.8 Å². The average Bonchev–Trinajstić information content (AvgIpc) is 2.84. The SMILES string of the molecule is CCC1(C(=O)O)CCN(S(=O)(=O)N2CC(C)OC(C)C2)C1. The summed E-state index contributed by atoms with van der Waals surface area (Å²) in [4.78, 5) is 11.5. The number of hydrogen-bond donors (Lipinski definition) is 1. The van der Waals surface area contributed by atoms with Gasteiger partial charge in [-0.05, 0) is 26.7 Å². The lowest BCUT2D eigenvalue weighted by molar-refractivity contribution is -0.148. The topological polar surface area (TPSA) is 87.2 Å². The van der Waals surface area contributed by atoms with Crippen LogP contribution >= 0.6 is 0 Å².